The Balaban J connectivity index is 0.000000640. The minimum absolute atomic E-state index is 0. The van der Waals surface area contributed by atoms with Gasteiger partial charge in [0.2, 0.25) is 0 Å². The van der Waals surface area contributed by atoms with E-state index in [0.717, 1.165) is 6.42 Å². The van der Waals surface area contributed by atoms with E-state index in [1.807, 2.05) is 0 Å². The van der Waals surface area contributed by atoms with Crippen LogP contribution >= 0.6 is 0 Å². The maximum absolute atomic E-state index is 2.22. The summed E-state index contributed by atoms with van der Waals surface area (Å²) in [5.41, 5.74) is 1.45. The third-order valence-corrected chi connectivity index (χ3v) is 1.38. The first-order chi connectivity index (χ1) is 3.83. The molecular weight excluding hydrogens is 144 g/mol. The van der Waals surface area contributed by atoms with Gasteiger partial charge in [0.1, 0.15) is 0 Å². The van der Waals surface area contributed by atoms with Crippen LogP contribution < -0.4 is 0 Å². The van der Waals surface area contributed by atoms with Gasteiger partial charge in [0.15, 0.2) is 0 Å². The second-order valence-electron chi connectivity index (χ2n) is 2.15. The topological polar surface area (TPSA) is 0 Å². The number of rotatable bonds is 1. The van der Waals surface area contributed by atoms with Crippen LogP contribution in [0.5, 0.6) is 0 Å². The van der Waals surface area contributed by atoms with Crippen LogP contribution in [-0.2, 0) is 21.7 Å². The Morgan fingerprint density at radius 3 is 2.22 bits per heavy atom. The van der Waals surface area contributed by atoms with Gasteiger partial charge in [-0.05, 0) is 6.42 Å². The molecule has 9 heavy (non-hydrogen) atoms. The van der Waals surface area contributed by atoms with E-state index in [9.17, 15) is 0 Å². The van der Waals surface area contributed by atoms with E-state index in [1.54, 1.807) is 0 Å². The van der Waals surface area contributed by atoms with Gasteiger partial charge >= 0.3 is 0 Å². The summed E-state index contributed by atoms with van der Waals surface area (Å²) in [6, 6.07) is 0. The summed E-state index contributed by atoms with van der Waals surface area (Å²) in [5.74, 6) is 1.38. The maximum Gasteiger partial charge on any atom is 0.0165 e. The summed E-state index contributed by atoms with van der Waals surface area (Å²) >= 11 is 0. The molecule has 1 heteroatoms. The molecule has 0 bridgehead atoms. The van der Waals surface area contributed by atoms with Crippen molar-refractivity contribution in [1.29, 1.82) is 0 Å². The Morgan fingerprint density at radius 1 is 1.33 bits per heavy atom. The molecule has 1 rings (SSSR count). The molecule has 1 aliphatic rings. The van der Waals surface area contributed by atoms with E-state index in [-0.39, 0.29) is 21.7 Å². The molecule has 0 unspecified atom stereocenters. The van der Waals surface area contributed by atoms with E-state index in [1.165, 1.54) is 11.5 Å². The summed E-state index contributed by atoms with van der Waals surface area (Å²) in [4.78, 5) is 0. The molecule has 0 heterocycles. The van der Waals surface area contributed by atoms with Crippen LogP contribution in [0.4, 0.5) is 0 Å². The Labute approximate surface area is 71.9 Å². The predicted octanol–water partition coefficient (Wildman–Crippen LogP) is 2.48. The molecule has 0 aromatic carbocycles. The molecule has 0 aromatic heterocycles. The van der Waals surface area contributed by atoms with Crippen molar-refractivity contribution in [2.45, 2.75) is 20.3 Å². The minimum Gasteiger partial charge on any atom is -0.0734 e. The first-order valence-electron chi connectivity index (χ1n) is 3.05. The van der Waals surface area contributed by atoms with Crippen molar-refractivity contribution in [3.8, 4) is 0 Å². The van der Waals surface area contributed by atoms with Crippen molar-refractivity contribution in [2.75, 3.05) is 0 Å². The summed E-state index contributed by atoms with van der Waals surface area (Å²) in [7, 11) is 0. The Kier molecular flexibility index (Phi) is 4.17. The molecule has 0 fully saturated rings. The maximum atomic E-state index is 2.22. The molecule has 0 amide bonds. The zero-order valence-electron chi connectivity index (χ0n) is 5.94. The zero-order valence-corrected chi connectivity index (χ0v) is 7.50. The van der Waals surface area contributed by atoms with Gasteiger partial charge in [0, 0.05) is 27.6 Å². The third kappa shape index (κ3) is 2.51. The number of allylic oxidation sites excluding steroid dienone is 4. The fourth-order valence-corrected chi connectivity index (χ4v) is 0.847. The average molecular weight is 155 g/mol. The normalized spacial score (nSPS) is 17.3. The standard InChI is InChI=1S/C8H11.Ti/c1-3-8-5-4-7(2)6-8;/h4-6H,3H2,1-2H3;. The molecule has 1 radical (unpaired) electrons. The van der Waals surface area contributed by atoms with Gasteiger partial charge in [-0.3, -0.25) is 0 Å². The van der Waals surface area contributed by atoms with Gasteiger partial charge in [-0.15, -0.1) is 0 Å². The summed E-state index contributed by atoms with van der Waals surface area (Å²) in [5, 5.41) is 0. The molecule has 47 valence electrons. The fourth-order valence-electron chi connectivity index (χ4n) is 0.847. The Hall–Kier alpha value is 0.194. The molecule has 0 saturated carbocycles. The molecule has 1 aliphatic carbocycles. The van der Waals surface area contributed by atoms with E-state index in [2.05, 4.69) is 32.1 Å². The van der Waals surface area contributed by atoms with Crippen molar-refractivity contribution in [3.63, 3.8) is 0 Å². The SMILES string of the molecule is CCC1=C[C](C)C=C1.[Ti]. The zero-order chi connectivity index (χ0) is 5.98. The quantitative estimate of drug-likeness (QED) is 0.510. The average Bonchev–Trinajstić information content (AvgIpc) is 2.14. The van der Waals surface area contributed by atoms with Crippen LogP contribution in [0.25, 0.3) is 0 Å². The van der Waals surface area contributed by atoms with Crippen molar-refractivity contribution in [2.24, 2.45) is 0 Å². The van der Waals surface area contributed by atoms with Gasteiger partial charge < -0.3 is 0 Å². The van der Waals surface area contributed by atoms with Gasteiger partial charge in [-0.2, -0.15) is 0 Å². The van der Waals surface area contributed by atoms with Crippen LogP contribution in [0.3, 0.4) is 0 Å². The number of hydrogen-bond acceptors (Lipinski definition) is 0. The molecule has 0 aromatic rings. The predicted molar refractivity (Wildman–Crippen MR) is 36.4 cm³/mol. The molecular formula is C8H11Ti. The Morgan fingerprint density at radius 2 is 2.00 bits per heavy atom. The summed E-state index contributed by atoms with van der Waals surface area (Å²) < 4.78 is 0. The van der Waals surface area contributed by atoms with E-state index >= 15 is 0 Å². The molecule has 0 nitrogen and oxygen atoms in total. The fraction of sp³-hybridized carbons (Fsp3) is 0.375. The molecule has 0 spiro atoms. The first kappa shape index (κ1) is 9.19. The molecule has 0 aliphatic heterocycles. The molecule has 0 atom stereocenters. The molecule has 0 N–H and O–H groups in total. The van der Waals surface area contributed by atoms with Crippen LogP contribution in [-0.4, -0.2) is 0 Å². The van der Waals surface area contributed by atoms with E-state index < -0.39 is 0 Å². The van der Waals surface area contributed by atoms with Crippen molar-refractivity contribution < 1.29 is 21.7 Å². The smallest absolute Gasteiger partial charge is 0.0165 e. The Bertz CT molecular complexity index is 134. The van der Waals surface area contributed by atoms with Gasteiger partial charge in [0.05, 0.1) is 0 Å². The summed E-state index contributed by atoms with van der Waals surface area (Å²) in [6.45, 7) is 4.30. The minimum atomic E-state index is 0. The van der Waals surface area contributed by atoms with Gasteiger partial charge in [-0.1, -0.05) is 37.6 Å². The van der Waals surface area contributed by atoms with Crippen LogP contribution in [0.2, 0.25) is 0 Å². The third-order valence-electron chi connectivity index (χ3n) is 1.38. The van der Waals surface area contributed by atoms with Crippen molar-refractivity contribution in [1.82, 2.24) is 0 Å². The first-order valence-corrected chi connectivity index (χ1v) is 3.05. The van der Waals surface area contributed by atoms with Crippen LogP contribution in [0.1, 0.15) is 20.3 Å². The second kappa shape index (κ2) is 4.08. The van der Waals surface area contributed by atoms with Gasteiger partial charge in [0.25, 0.3) is 0 Å². The molecule has 0 saturated heterocycles. The van der Waals surface area contributed by atoms with Crippen LogP contribution in [0, 0.1) is 5.92 Å². The van der Waals surface area contributed by atoms with Crippen molar-refractivity contribution >= 4 is 0 Å². The van der Waals surface area contributed by atoms with Crippen LogP contribution in [0.15, 0.2) is 23.8 Å². The largest absolute Gasteiger partial charge is 0.0734 e. The summed E-state index contributed by atoms with van der Waals surface area (Å²) in [6.07, 6.45) is 7.71. The second-order valence-corrected chi connectivity index (χ2v) is 2.15. The van der Waals surface area contributed by atoms with Crippen molar-refractivity contribution in [3.05, 3.63) is 29.7 Å². The number of hydrogen-bond donors (Lipinski definition) is 0. The van der Waals surface area contributed by atoms with E-state index in [4.69, 9.17) is 0 Å². The van der Waals surface area contributed by atoms with E-state index in [0.29, 0.717) is 0 Å². The van der Waals surface area contributed by atoms with Gasteiger partial charge in [-0.25, -0.2) is 0 Å². The monoisotopic (exact) mass is 155 g/mol.